The average molecular weight is 397 g/mol. The second kappa shape index (κ2) is 7.84. The molecule has 8 nitrogen and oxygen atoms in total. The number of hydrogen-bond acceptors (Lipinski definition) is 7. The lowest BCUT2D eigenvalue weighted by molar-refractivity contribution is -0.119. The molecule has 0 aliphatic carbocycles. The average Bonchev–Trinajstić information content (AvgIpc) is 3.03. The molecule has 2 rings (SSSR count). The van der Waals surface area contributed by atoms with Crippen molar-refractivity contribution in [2.75, 3.05) is 18.4 Å². The fourth-order valence-corrected chi connectivity index (χ4v) is 3.28. The largest absolute Gasteiger partial charge is 0.444 e. The third-order valence-corrected chi connectivity index (χ3v) is 4.37. The Morgan fingerprint density at radius 2 is 1.85 bits per heavy atom. The lowest BCUT2D eigenvalue weighted by Gasteiger charge is -2.23. The summed E-state index contributed by atoms with van der Waals surface area (Å²) in [6.45, 7) is 11.1. The van der Waals surface area contributed by atoms with E-state index >= 15 is 0 Å². The van der Waals surface area contributed by atoms with E-state index in [0.29, 0.717) is 23.8 Å². The van der Waals surface area contributed by atoms with Crippen LogP contribution in [0.4, 0.5) is 15.4 Å². The standard InChI is InChI=1S/C18H27N3O5S/c1-17(2,3)25-15(23)20-13-10-27-14(19-13)7-11-8-21(9-12(11)22)16(24)26-18(4,5)6/h10-11H,7-9H2,1-6H3,(H,20,23). The van der Waals surface area contributed by atoms with Crippen molar-refractivity contribution in [2.45, 2.75) is 59.2 Å². The van der Waals surface area contributed by atoms with Crippen LogP contribution < -0.4 is 5.32 Å². The fourth-order valence-electron chi connectivity index (χ4n) is 2.47. The molecule has 0 spiro atoms. The topological polar surface area (TPSA) is 97.8 Å². The summed E-state index contributed by atoms with van der Waals surface area (Å²) >= 11 is 1.35. The first kappa shape index (κ1) is 21.1. The van der Waals surface area contributed by atoms with Crippen molar-refractivity contribution in [1.29, 1.82) is 0 Å². The molecule has 2 amide bonds. The van der Waals surface area contributed by atoms with Crippen LogP contribution >= 0.6 is 11.3 Å². The summed E-state index contributed by atoms with van der Waals surface area (Å²) in [4.78, 5) is 41.9. The van der Waals surface area contributed by atoms with Crippen LogP contribution in [0.25, 0.3) is 0 Å². The number of carbonyl (C=O) groups is 3. The number of likely N-dealkylation sites (tertiary alicyclic amines) is 1. The van der Waals surface area contributed by atoms with Crippen LogP contribution in [-0.4, -0.2) is 52.1 Å². The highest BCUT2D eigenvalue weighted by Gasteiger charge is 2.36. The van der Waals surface area contributed by atoms with E-state index in [9.17, 15) is 14.4 Å². The van der Waals surface area contributed by atoms with Crippen molar-refractivity contribution in [2.24, 2.45) is 5.92 Å². The van der Waals surface area contributed by atoms with Crippen molar-refractivity contribution in [3.05, 3.63) is 10.4 Å². The number of anilines is 1. The van der Waals surface area contributed by atoms with Gasteiger partial charge in [0.1, 0.15) is 17.0 Å². The number of aromatic nitrogens is 1. The van der Waals surface area contributed by atoms with E-state index in [1.165, 1.54) is 16.2 Å². The van der Waals surface area contributed by atoms with E-state index in [4.69, 9.17) is 9.47 Å². The van der Waals surface area contributed by atoms with Gasteiger partial charge in [0.15, 0.2) is 5.78 Å². The number of hydrogen-bond donors (Lipinski definition) is 1. The molecule has 1 aromatic rings. The van der Waals surface area contributed by atoms with Gasteiger partial charge in [0, 0.05) is 24.3 Å². The fraction of sp³-hybridized carbons (Fsp3) is 0.667. The molecule has 0 bridgehead atoms. The molecular weight excluding hydrogens is 370 g/mol. The maximum Gasteiger partial charge on any atom is 0.413 e. The number of carbonyl (C=O) groups excluding carboxylic acids is 3. The third-order valence-electron chi connectivity index (χ3n) is 3.50. The van der Waals surface area contributed by atoms with Gasteiger partial charge in [0.2, 0.25) is 0 Å². The first-order chi connectivity index (χ1) is 12.3. The molecule has 0 saturated carbocycles. The monoisotopic (exact) mass is 397 g/mol. The Kier molecular flexibility index (Phi) is 6.14. The maximum absolute atomic E-state index is 12.2. The van der Waals surface area contributed by atoms with Gasteiger partial charge < -0.3 is 14.4 Å². The number of nitrogens with zero attached hydrogens (tertiary/aromatic N) is 2. The van der Waals surface area contributed by atoms with Crippen LogP contribution in [0.3, 0.4) is 0 Å². The lowest BCUT2D eigenvalue weighted by Crippen LogP contribution is -2.35. The van der Waals surface area contributed by atoms with E-state index < -0.39 is 23.4 Å². The Balaban J connectivity index is 1.90. The first-order valence-corrected chi connectivity index (χ1v) is 9.65. The molecule has 9 heteroatoms. The molecule has 1 N–H and O–H groups in total. The predicted octanol–water partition coefficient (Wildman–Crippen LogP) is 3.47. The highest BCUT2D eigenvalue weighted by atomic mass is 32.1. The van der Waals surface area contributed by atoms with Crippen molar-refractivity contribution in [3.63, 3.8) is 0 Å². The van der Waals surface area contributed by atoms with Crippen LogP contribution in [0.5, 0.6) is 0 Å². The SMILES string of the molecule is CC(C)(C)OC(=O)Nc1csc(CC2CN(C(=O)OC(C)(C)C)CC2=O)n1. The molecule has 150 valence electrons. The Hall–Kier alpha value is -2.16. The Bertz CT molecular complexity index is 717. The van der Waals surface area contributed by atoms with Crippen LogP contribution in [0.15, 0.2) is 5.38 Å². The summed E-state index contributed by atoms with van der Waals surface area (Å²) in [6.07, 6.45) is -0.643. The number of ether oxygens (including phenoxy) is 2. The second-order valence-electron chi connectivity index (χ2n) is 8.48. The van der Waals surface area contributed by atoms with Gasteiger partial charge in [-0.1, -0.05) is 0 Å². The van der Waals surface area contributed by atoms with Crippen LogP contribution in [0.1, 0.15) is 46.6 Å². The minimum Gasteiger partial charge on any atom is -0.444 e. The van der Waals surface area contributed by atoms with Crippen LogP contribution in [-0.2, 0) is 20.7 Å². The van der Waals surface area contributed by atoms with E-state index in [2.05, 4.69) is 10.3 Å². The summed E-state index contributed by atoms with van der Waals surface area (Å²) < 4.78 is 10.5. The number of nitrogens with one attached hydrogen (secondary N) is 1. The molecule has 1 aliphatic heterocycles. The zero-order valence-corrected chi connectivity index (χ0v) is 17.4. The Morgan fingerprint density at radius 1 is 1.22 bits per heavy atom. The zero-order valence-electron chi connectivity index (χ0n) is 16.6. The minimum atomic E-state index is -0.601. The van der Waals surface area contributed by atoms with Gasteiger partial charge in [0.05, 0.1) is 11.6 Å². The third kappa shape index (κ3) is 6.82. The summed E-state index contributed by atoms with van der Waals surface area (Å²) in [5.41, 5.74) is -1.19. The maximum atomic E-state index is 12.2. The molecule has 1 aromatic heterocycles. The predicted molar refractivity (Wildman–Crippen MR) is 102 cm³/mol. The van der Waals surface area contributed by atoms with E-state index in [1.54, 1.807) is 46.9 Å². The van der Waals surface area contributed by atoms with Gasteiger partial charge in [-0.05, 0) is 41.5 Å². The quantitative estimate of drug-likeness (QED) is 0.839. The normalized spacial score (nSPS) is 17.8. The lowest BCUT2D eigenvalue weighted by atomic mass is 10.0. The smallest absolute Gasteiger partial charge is 0.413 e. The highest BCUT2D eigenvalue weighted by Crippen LogP contribution is 2.24. The molecule has 1 unspecified atom stereocenters. The first-order valence-electron chi connectivity index (χ1n) is 8.77. The number of Topliss-reactive ketones (excluding diaryl/α,β-unsaturated/α-hetero) is 1. The minimum absolute atomic E-state index is 0.0160. The zero-order chi connectivity index (χ0) is 20.4. The van der Waals surface area contributed by atoms with Gasteiger partial charge in [-0.15, -0.1) is 11.3 Å². The molecule has 1 aliphatic rings. The summed E-state index contributed by atoms with van der Waals surface area (Å²) in [5.74, 6) is 0.0504. The van der Waals surface area contributed by atoms with Crippen molar-refractivity contribution in [1.82, 2.24) is 9.88 Å². The number of ketones is 1. The molecule has 1 saturated heterocycles. The summed E-state index contributed by atoms with van der Waals surface area (Å²) in [7, 11) is 0. The van der Waals surface area contributed by atoms with Crippen LogP contribution in [0.2, 0.25) is 0 Å². The van der Waals surface area contributed by atoms with E-state index in [0.717, 1.165) is 0 Å². The van der Waals surface area contributed by atoms with Gasteiger partial charge >= 0.3 is 12.2 Å². The molecule has 0 aromatic carbocycles. The number of rotatable bonds is 3. The van der Waals surface area contributed by atoms with Gasteiger partial charge in [-0.25, -0.2) is 14.6 Å². The molecule has 1 fully saturated rings. The second-order valence-corrected chi connectivity index (χ2v) is 9.42. The molecule has 1 atom stereocenters. The van der Waals surface area contributed by atoms with Crippen LogP contribution in [0, 0.1) is 5.92 Å². The Labute approximate surface area is 163 Å². The van der Waals surface area contributed by atoms with Crippen molar-refractivity contribution in [3.8, 4) is 0 Å². The molecule has 2 heterocycles. The summed E-state index contributed by atoms with van der Waals surface area (Å²) in [6, 6.07) is 0. The number of amides is 2. The number of thiazole rings is 1. The van der Waals surface area contributed by atoms with Crippen molar-refractivity contribution < 1.29 is 23.9 Å². The van der Waals surface area contributed by atoms with E-state index in [-0.39, 0.29) is 18.2 Å². The van der Waals surface area contributed by atoms with E-state index in [1.807, 2.05) is 0 Å². The molecule has 0 radical (unpaired) electrons. The van der Waals surface area contributed by atoms with Gasteiger partial charge in [0.25, 0.3) is 0 Å². The molecular formula is C18H27N3O5S. The van der Waals surface area contributed by atoms with Crippen molar-refractivity contribution >= 4 is 35.1 Å². The van der Waals surface area contributed by atoms with Gasteiger partial charge in [-0.3, -0.25) is 10.1 Å². The Morgan fingerprint density at radius 3 is 2.44 bits per heavy atom. The molecule has 27 heavy (non-hydrogen) atoms. The van der Waals surface area contributed by atoms with Gasteiger partial charge in [-0.2, -0.15) is 0 Å². The highest BCUT2D eigenvalue weighted by molar-refractivity contribution is 7.10. The summed E-state index contributed by atoms with van der Waals surface area (Å²) in [5, 5.41) is 4.99.